The molecule has 0 atom stereocenters. The van der Waals surface area contributed by atoms with Crippen LogP contribution >= 0.6 is 0 Å². The van der Waals surface area contributed by atoms with Gasteiger partial charge >= 0.3 is 0 Å². The molecule has 0 radical (unpaired) electrons. The average Bonchev–Trinajstić information content (AvgIpc) is 2.65. The van der Waals surface area contributed by atoms with Crippen LogP contribution in [0.5, 0.6) is 0 Å². The molecule has 0 unspecified atom stereocenters. The van der Waals surface area contributed by atoms with Gasteiger partial charge in [-0.05, 0) is 45.4 Å². The molecule has 4 nitrogen and oxygen atoms in total. The summed E-state index contributed by atoms with van der Waals surface area (Å²) in [6.07, 6.45) is 20.7. The minimum atomic E-state index is -0.294. The van der Waals surface area contributed by atoms with Gasteiger partial charge in [0.1, 0.15) is 0 Å². The molecule has 2 N–H and O–H groups in total. The number of hydrogen-bond acceptors (Lipinski definition) is 2. The number of allylic oxidation sites excluding steroid dienone is 2. The molecule has 162 valence electrons. The van der Waals surface area contributed by atoms with E-state index in [0.717, 1.165) is 38.5 Å². The van der Waals surface area contributed by atoms with Crippen molar-refractivity contribution in [1.29, 1.82) is 0 Å². The Hall–Kier alpha value is -1.58. The molecular formula is C24H44N2O2. The van der Waals surface area contributed by atoms with Gasteiger partial charge in [-0.15, -0.1) is 13.2 Å². The van der Waals surface area contributed by atoms with E-state index < -0.39 is 0 Å². The van der Waals surface area contributed by atoms with E-state index >= 15 is 0 Å². The molecule has 0 aromatic rings. The Morgan fingerprint density at radius 1 is 0.643 bits per heavy atom. The summed E-state index contributed by atoms with van der Waals surface area (Å²) in [6, 6.07) is 0. The molecule has 0 saturated heterocycles. The third kappa shape index (κ3) is 19.2. The summed E-state index contributed by atoms with van der Waals surface area (Å²) < 4.78 is 0. The van der Waals surface area contributed by atoms with Crippen molar-refractivity contribution in [2.75, 3.05) is 0 Å². The van der Waals surface area contributed by atoms with Crippen molar-refractivity contribution >= 4 is 11.8 Å². The number of rotatable bonds is 20. The van der Waals surface area contributed by atoms with Crippen LogP contribution in [0.4, 0.5) is 0 Å². The zero-order chi connectivity index (χ0) is 20.9. The van der Waals surface area contributed by atoms with Crippen LogP contribution in [0, 0.1) is 0 Å². The molecule has 2 amide bonds. The molecule has 28 heavy (non-hydrogen) atoms. The summed E-state index contributed by atoms with van der Waals surface area (Å²) in [4.78, 5) is 23.9. The van der Waals surface area contributed by atoms with Crippen LogP contribution in [0.2, 0.25) is 0 Å². The Morgan fingerprint density at radius 3 is 1.32 bits per heavy atom. The Morgan fingerprint density at radius 2 is 0.964 bits per heavy atom. The van der Waals surface area contributed by atoms with Crippen LogP contribution in [-0.2, 0) is 9.59 Å². The minimum Gasteiger partial charge on any atom is -0.336 e. The largest absolute Gasteiger partial charge is 0.336 e. The molecule has 0 rings (SSSR count). The Kier molecular flexibility index (Phi) is 19.0. The topological polar surface area (TPSA) is 58.2 Å². The predicted molar refractivity (Wildman–Crippen MR) is 120 cm³/mol. The van der Waals surface area contributed by atoms with Crippen LogP contribution in [0.15, 0.2) is 25.3 Å². The van der Waals surface area contributed by atoms with E-state index in [9.17, 15) is 9.59 Å². The third-order valence-electron chi connectivity index (χ3n) is 4.88. The van der Waals surface area contributed by atoms with E-state index in [1.54, 1.807) is 0 Å². The molecule has 0 aliphatic rings. The summed E-state index contributed by atoms with van der Waals surface area (Å²) in [7, 11) is 0. The highest BCUT2D eigenvalue weighted by molar-refractivity contribution is 5.79. The Labute approximate surface area is 173 Å². The summed E-state index contributed by atoms with van der Waals surface area (Å²) in [5.74, 6) is 0.0537. The normalized spacial score (nSPS) is 10.6. The van der Waals surface area contributed by atoms with E-state index in [-0.39, 0.29) is 18.0 Å². The molecular weight excluding hydrogens is 348 g/mol. The monoisotopic (exact) mass is 392 g/mol. The number of amides is 2. The van der Waals surface area contributed by atoms with Gasteiger partial charge in [0.2, 0.25) is 11.8 Å². The van der Waals surface area contributed by atoms with Crippen molar-refractivity contribution in [3.63, 3.8) is 0 Å². The maximum absolute atomic E-state index is 11.9. The number of carbonyl (C=O) groups excluding carboxylic acids is 2. The highest BCUT2D eigenvalue weighted by Crippen LogP contribution is 2.10. The Balaban J connectivity index is 3.53. The van der Waals surface area contributed by atoms with Gasteiger partial charge < -0.3 is 10.6 Å². The van der Waals surface area contributed by atoms with E-state index in [0.29, 0.717) is 12.8 Å². The van der Waals surface area contributed by atoms with Gasteiger partial charge in [-0.2, -0.15) is 0 Å². The van der Waals surface area contributed by atoms with Crippen molar-refractivity contribution in [3.05, 3.63) is 25.3 Å². The van der Waals surface area contributed by atoms with Crippen LogP contribution in [-0.4, -0.2) is 18.0 Å². The maximum Gasteiger partial charge on any atom is 0.221 e. The number of nitrogens with one attached hydrogen (secondary N) is 2. The fraction of sp³-hybridized carbons (Fsp3) is 0.750. The Bertz CT molecular complexity index is 383. The number of carbonyl (C=O) groups is 2. The summed E-state index contributed by atoms with van der Waals surface area (Å²) in [5.41, 5.74) is 0. The first-order valence-corrected chi connectivity index (χ1v) is 11.4. The van der Waals surface area contributed by atoms with Crippen molar-refractivity contribution < 1.29 is 9.59 Å². The van der Waals surface area contributed by atoms with Gasteiger partial charge in [0, 0.05) is 12.8 Å². The third-order valence-corrected chi connectivity index (χ3v) is 4.88. The van der Waals surface area contributed by atoms with Gasteiger partial charge in [0.05, 0.1) is 6.17 Å². The van der Waals surface area contributed by atoms with Gasteiger partial charge in [-0.3, -0.25) is 9.59 Å². The zero-order valence-electron chi connectivity index (χ0n) is 18.3. The van der Waals surface area contributed by atoms with Gasteiger partial charge in [0.15, 0.2) is 0 Å². The molecule has 0 bridgehead atoms. The number of unbranched alkanes of at least 4 members (excludes halogenated alkanes) is 12. The van der Waals surface area contributed by atoms with E-state index in [2.05, 4.69) is 23.8 Å². The fourth-order valence-electron chi connectivity index (χ4n) is 3.23. The van der Waals surface area contributed by atoms with Crippen LogP contribution in [0.1, 0.15) is 110 Å². The first kappa shape index (κ1) is 26.4. The molecule has 0 aromatic carbocycles. The highest BCUT2D eigenvalue weighted by atomic mass is 16.2. The summed E-state index contributed by atoms with van der Waals surface area (Å²) in [6.45, 7) is 9.29. The van der Waals surface area contributed by atoms with E-state index in [1.165, 1.54) is 51.4 Å². The predicted octanol–water partition coefficient (Wildman–Crippen LogP) is 6.18. The maximum atomic E-state index is 11.9. The molecule has 0 spiro atoms. The SMILES string of the molecule is C=CCCCCCCCCC(=O)NC(C)NC(=O)CCCCCCCCC=C. The summed E-state index contributed by atoms with van der Waals surface area (Å²) in [5, 5.41) is 5.74. The first-order valence-electron chi connectivity index (χ1n) is 11.4. The fourth-order valence-corrected chi connectivity index (χ4v) is 3.23. The standard InChI is InChI=1S/C24H44N2O2/c1-4-6-8-10-12-14-16-18-20-23(27)25-22(3)26-24(28)21-19-17-15-13-11-9-7-5-2/h4-5,22H,1-2,6-21H2,3H3,(H,25,27)(H,26,28). The lowest BCUT2D eigenvalue weighted by Gasteiger charge is -2.16. The smallest absolute Gasteiger partial charge is 0.221 e. The molecule has 0 aliphatic carbocycles. The molecule has 4 heteroatoms. The molecule has 0 heterocycles. The lowest BCUT2D eigenvalue weighted by molar-refractivity contribution is -0.124. The second-order valence-electron chi connectivity index (χ2n) is 7.75. The molecule has 0 fully saturated rings. The zero-order valence-corrected chi connectivity index (χ0v) is 18.3. The lowest BCUT2D eigenvalue weighted by Crippen LogP contribution is -2.45. The van der Waals surface area contributed by atoms with Gasteiger partial charge in [0.25, 0.3) is 0 Å². The molecule has 0 aromatic heterocycles. The average molecular weight is 393 g/mol. The highest BCUT2D eigenvalue weighted by Gasteiger charge is 2.10. The number of hydrogen-bond donors (Lipinski definition) is 2. The summed E-state index contributed by atoms with van der Waals surface area (Å²) >= 11 is 0. The second-order valence-corrected chi connectivity index (χ2v) is 7.75. The second kappa shape index (κ2) is 20.2. The van der Waals surface area contributed by atoms with Crippen molar-refractivity contribution in [3.8, 4) is 0 Å². The minimum absolute atomic E-state index is 0.0268. The van der Waals surface area contributed by atoms with E-state index in [1.807, 2.05) is 19.1 Å². The van der Waals surface area contributed by atoms with Crippen molar-refractivity contribution in [2.45, 2.75) is 116 Å². The first-order chi connectivity index (χ1) is 13.6. The molecule has 0 aliphatic heterocycles. The molecule has 0 saturated carbocycles. The van der Waals surface area contributed by atoms with Crippen molar-refractivity contribution in [1.82, 2.24) is 10.6 Å². The quantitative estimate of drug-likeness (QED) is 0.148. The van der Waals surface area contributed by atoms with Crippen LogP contribution in [0.3, 0.4) is 0 Å². The van der Waals surface area contributed by atoms with Gasteiger partial charge in [-0.1, -0.05) is 63.5 Å². The van der Waals surface area contributed by atoms with E-state index in [4.69, 9.17) is 0 Å². The van der Waals surface area contributed by atoms with Crippen LogP contribution in [0.25, 0.3) is 0 Å². The van der Waals surface area contributed by atoms with Crippen molar-refractivity contribution in [2.24, 2.45) is 0 Å². The van der Waals surface area contributed by atoms with Crippen LogP contribution < -0.4 is 10.6 Å². The lowest BCUT2D eigenvalue weighted by atomic mass is 10.1. The van der Waals surface area contributed by atoms with Gasteiger partial charge in [-0.25, -0.2) is 0 Å².